The first kappa shape index (κ1) is 19.3. The highest BCUT2D eigenvalue weighted by molar-refractivity contribution is 7.14. The summed E-state index contributed by atoms with van der Waals surface area (Å²) in [7, 11) is 0. The van der Waals surface area contributed by atoms with Crippen LogP contribution in [0.4, 0.5) is 11.4 Å². The Morgan fingerprint density at radius 2 is 1.46 bits per heavy atom. The second kappa shape index (κ2) is 8.91. The predicted molar refractivity (Wildman–Crippen MR) is 100 cm³/mol. The van der Waals surface area contributed by atoms with Crippen molar-refractivity contribution < 1.29 is 19.2 Å². The van der Waals surface area contributed by atoms with Gasteiger partial charge in [-0.25, -0.2) is 0 Å². The van der Waals surface area contributed by atoms with E-state index >= 15 is 0 Å². The van der Waals surface area contributed by atoms with E-state index in [9.17, 15) is 19.2 Å². The van der Waals surface area contributed by atoms with Crippen molar-refractivity contribution in [2.24, 2.45) is 0 Å². The zero-order chi connectivity index (χ0) is 19.1. The minimum atomic E-state index is -0.770. The van der Waals surface area contributed by atoms with Gasteiger partial charge in [-0.15, -0.1) is 11.3 Å². The van der Waals surface area contributed by atoms with Crippen molar-refractivity contribution >= 4 is 46.2 Å². The van der Waals surface area contributed by atoms with Crippen LogP contribution < -0.4 is 16.0 Å². The number of Topliss-reactive ketones (excluding diaryl/α,β-unsaturated/α-hetero) is 1. The molecule has 0 spiro atoms. The highest BCUT2D eigenvalue weighted by Crippen LogP contribution is 2.17. The Balaban J connectivity index is 1.78. The third-order valence-corrected chi connectivity index (χ3v) is 4.58. The van der Waals surface area contributed by atoms with Gasteiger partial charge in [-0.2, -0.15) is 0 Å². The van der Waals surface area contributed by atoms with Gasteiger partial charge >= 0.3 is 11.8 Å². The molecule has 1 heterocycles. The fraction of sp³-hybridized carbons (Fsp3) is 0.222. The maximum Gasteiger partial charge on any atom is 0.313 e. The lowest BCUT2D eigenvalue weighted by molar-refractivity contribution is -0.136. The Morgan fingerprint density at radius 1 is 0.846 bits per heavy atom. The van der Waals surface area contributed by atoms with E-state index in [2.05, 4.69) is 16.0 Å². The van der Waals surface area contributed by atoms with Gasteiger partial charge in [-0.3, -0.25) is 19.2 Å². The van der Waals surface area contributed by atoms with Crippen LogP contribution in [0.2, 0.25) is 0 Å². The zero-order valence-electron chi connectivity index (χ0n) is 14.4. The first-order chi connectivity index (χ1) is 12.3. The topological polar surface area (TPSA) is 104 Å². The van der Waals surface area contributed by atoms with E-state index in [0.29, 0.717) is 29.2 Å². The standard InChI is InChI=1S/C18H19N3O4S/c1-11(22)16-8-7-15(26-16)9-10-19-17(24)18(25)21-14-5-3-13(4-6-14)20-12(2)23/h3-8H,9-10H2,1-2H3,(H,19,24)(H,20,23)(H,21,25). The maximum atomic E-state index is 11.9. The van der Waals surface area contributed by atoms with Gasteiger partial charge in [0.25, 0.3) is 0 Å². The van der Waals surface area contributed by atoms with Gasteiger partial charge in [0.15, 0.2) is 5.78 Å². The van der Waals surface area contributed by atoms with Gasteiger partial charge in [0.2, 0.25) is 5.91 Å². The summed E-state index contributed by atoms with van der Waals surface area (Å²) >= 11 is 1.38. The highest BCUT2D eigenvalue weighted by atomic mass is 32.1. The number of ketones is 1. The first-order valence-electron chi connectivity index (χ1n) is 7.91. The molecule has 0 aliphatic heterocycles. The molecule has 136 valence electrons. The van der Waals surface area contributed by atoms with Crippen molar-refractivity contribution in [3.05, 3.63) is 46.2 Å². The van der Waals surface area contributed by atoms with Crippen LogP contribution in [-0.4, -0.2) is 30.0 Å². The number of carbonyl (C=O) groups excluding carboxylic acids is 4. The molecule has 0 bridgehead atoms. The molecule has 7 nitrogen and oxygen atoms in total. The summed E-state index contributed by atoms with van der Waals surface area (Å²) in [5.74, 6) is -1.69. The number of benzene rings is 1. The van der Waals surface area contributed by atoms with Crippen molar-refractivity contribution in [1.82, 2.24) is 5.32 Å². The van der Waals surface area contributed by atoms with Gasteiger partial charge in [0, 0.05) is 29.7 Å². The minimum absolute atomic E-state index is 0.00850. The van der Waals surface area contributed by atoms with Crippen molar-refractivity contribution in [3.63, 3.8) is 0 Å². The summed E-state index contributed by atoms with van der Waals surface area (Å²) in [4.78, 5) is 47.5. The number of hydrogen-bond acceptors (Lipinski definition) is 5. The van der Waals surface area contributed by atoms with E-state index in [-0.39, 0.29) is 11.7 Å². The summed E-state index contributed by atoms with van der Waals surface area (Å²) in [5, 5.41) is 7.63. The summed E-state index contributed by atoms with van der Waals surface area (Å²) in [6.45, 7) is 3.20. The Morgan fingerprint density at radius 3 is 2.00 bits per heavy atom. The van der Waals surface area contributed by atoms with Gasteiger partial charge in [0.05, 0.1) is 4.88 Å². The van der Waals surface area contributed by atoms with E-state index in [0.717, 1.165) is 4.88 Å². The summed E-state index contributed by atoms with van der Waals surface area (Å²) in [5.41, 5.74) is 1.05. The van der Waals surface area contributed by atoms with Crippen molar-refractivity contribution in [2.75, 3.05) is 17.2 Å². The third-order valence-electron chi connectivity index (χ3n) is 3.33. The monoisotopic (exact) mass is 373 g/mol. The smallest absolute Gasteiger partial charge is 0.313 e. The molecular weight excluding hydrogens is 354 g/mol. The Kier molecular flexibility index (Phi) is 6.62. The predicted octanol–water partition coefficient (Wildman–Crippen LogP) is 2.21. The molecule has 0 aliphatic rings. The average molecular weight is 373 g/mol. The molecule has 0 saturated heterocycles. The molecule has 0 radical (unpaired) electrons. The Bertz CT molecular complexity index is 827. The van der Waals surface area contributed by atoms with E-state index in [1.165, 1.54) is 25.2 Å². The van der Waals surface area contributed by atoms with Gasteiger partial charge in [-0.1, -0.05) is 0 Å². The number of amides is 3. The van der Waals surface area contributed by atoms with E-state index in [1.54, 1.807) is 30.3 Å². The lowest BCUT2D eigenvalue weighted by atomic mass is 10.2. The fourth-order valence-electron chi connectivity index (χ4n) is 2.11. The molecule has 3 amide bonds. The lowest BCUT2D eigenvalue weighted by Gasteiger charge is -2.07. The normalized spacial score (nSPS) is 10.1. The van der Waals surface area contributed by atoms with Crippen LogP contribution in [0.15, 0.2) is 36.4 Å². The molecule has 8 heteroatoms. The lowest BCUT2D eigenvalue weighted by Crippen LogP contribution is -2.36. The first-order valence-corrected chi connectivity index (χ1v) is 8.73. The van der Waals surface area contributed by atoms with Crippen LogP contribution in [0.1, 0.15) is 28.4 Å². The van der Waals surface area contributed by atoms with Gasteiger partial charge in [-0.05, 0) is 49.7 Å². The molecule has 2 rings (SSSR count). The largest absolute Gasteiger partial charge is 0.347 e. The van der Waals surface area contributed by atoms with Gasteiger partial charge < -0.3 is 16.0 Å². The average Bonchev–Trinajstić information content (AvgIpc) is 3.05. The summed E-state index contributed by atoms with van der Waals surface area (Å²) < 4.78 is 0. The van der Waals surface area contributed by atoms with E-state index < -0.39 is 11.8 Å². The van der Waals surface area contributed by atoms with Crippen LogP contribution in [-0.2, 0) is 20.8 Å². The quantitative estimate of drug-likeness (QED) is 0.533. The minimum Gasteiger partial charge on any atom is -0.347 e. The second-order valence-electron chi connectivity index (χ2n) is 5.54. The molecule has 0 fully saturated rings. The number of thiophene rings is 1. The number of anilines is 2. The van der Waals surface area contributed by atoms with Crippen LogP contribution in [0, 0.1) is 0 Å². The van der Waals surface area contributed by atoms with Crippen molar-refractivity contribution in [1.29, 1.82) is 0 Å². The van der Waals surface area contributed by atoms with Crippen LogP contribution in [0.3, 0.4) is 0 Å². The fourth-order valence-corrected chi connectivity index (χ4v) is 3.01. The van der Waals surface area contributed by atoms with Crippen molar-refractivity contribution in [2.45, 2.75) is 20.3 Å². The SMILES string of the molecule is CC(=O)Nc1ccc(NC(=O)C(=O)NCCc2ccc(C(C)=O)s2)cc1. The van der Waals surface area contributed by atoms with Crippen LogP contribution in [0.25, 0.3) is 0 Å². The number of carbonyl (C=O) groups is 4. The summed E-state index contributed by atoms with van der Waals surface area (Å²) in [6.07, 6.45) is 0.544. The Labute approximate surface area is 154 Å². The Hall–Kier alpha value is -3.00. The molecule has 26 heavy (non-hydrogen) atoms. The van der Waals surface area contributed by atoms with E-state index in [1.807, 2.05) is 6.07 Å². The van der Waals surface area contributed by atoms with Crippen LogP contribution >= 0.6 is 11.3 Å². The molecule has 0 unspecified atom stereocenters. The van der Waals surface area contributed by atoms with Gasteiger partial charge in [0.1, 0.15) is 0 Å². The molecule has 3 N–H and O–H groups in total. The zero-order valence-corrected chi connectivity index (χ0v) is 15.2. The molecule has 1 aromatic carbocycles. The molecule has 0 atom stereocenters. The van der Waals surface area contributed by atoms with Crippen molar-refractivity contribution in [3.8, 4) is 0 Å². The summed E-state index contributed by atoms with van der Waals surface area (Å²) in [6, 6.07) is 10.0. The third kappa shape index (κ3) is 5.82. The second-order valence-corrected chi connectivity index (χ2v) is 6.71. The number of hydrogen-bond donors (Lipinski definition) is 3. The highest BCUT2D eigenvalue weighted by Gasteiger charge is 2.13. The molecule has 0 saturated carbocycles. The number of nitrogens with one attached hydrogen (secondary N) is 3. The molecule has 0 aliphatic carbocycles. The number of rotatable bonds is 6. The molecule has 1 aromatic heterocycles. The maximum absolute atomic E-state index is 11.9. The van der Waals surface area contributed by atoms with Crippen LogP contribution in [0.5, 0.6) is 0 Å². The molecule has 2 aromatic rings. The molecular formula is C18H19N3O4S. The van der Waals surface area contributed by atoms with E-state index in [4.69, 9.17) is 0 Å².